The number of fused-ring (bicyclic) bond motifs is 1. The number of pyridine rings is 1. The number of aromatic nitrogens is 1. The summed E-state index contributed by atoms with van der Waals surface area (Å²) in [5.74, 6) is 0.987. The van der Waals surface area contributed by atoms with Gasteiger partial charge in [-0.1, -0.05) is 18.2 Å². The van der Waals surface area contributed by atoms with E-state index in [1.54, 1.807) is 0 Å². The molecule has 1 aromatic carbocycles. The summed E-state index contributed by atoms with van der Waals surface area (Å²) in [4.78, 5) is 18.5. The Morgan fingerprint density at radius 3 is 2.77 bits per heavy atom. The number of hydrogen-bond donors (Lipinski definition) is 2. The molecule has 2 rings (SSSR count). The van der Waals surface area contributed by atoms with E-state index in [0.29, 0.717) is 13.0 Å². The van der Waals surface area contributed by atoms with Crippen molar-refractivity contribution in [1.29, 1.82) is 0 Å². The normalized spacial score (nSPS) is 10.7. The standard InChI is InChI=1S/C17H24N4O/c1-18-10-6-9-17(22)19-12-13-11-16(21(2)3)20-15-8-5-4-7-14(13)15/h4-5,7-8,11,18H,6,9-10,12H2,1-3H3,(H,19,22). The molecule has 118 valence electrons. The number of rotatable bonds is 7. The van der Waals surface area contributed by atoms with Crippen molar-refractivity contribution in [2.75, 3.05) is 32.6 Å². The lowest BCUT2D eigenvalue weighted by molar-refractivity contribution is -0.121. The van der Waals surface area contributed by atoms with Crippen LogP contribution in [0.25, 0.3) is 10.9 Å². The quantitative estimate of drug-likeness (QED) is 0.767. The second kappa shape index (κ2) is 7.75. The lowest BCUT2D eigenvalue weighted by atomic mass is 10.1. The fraction of sp³-hybridized carbons (Fsp3) is 0.412. The van der Waals surface area contributed by atoms with Crippen molar-refractivity contribution < 1.29 is 4.79 Å². The molecule has 0 radical (unpaired) electrons. The van der Waals surface area contributed by atoms with Crippen molar-refractivity contribution in [3.8, 4) is 0 Å². The SMILES string of the molecule is CNCCCC(=O)NCc1cc(N(C)C)nc2ccccc12. The summed E-state index contributed by atoms with van der Waals surface area (Å²) in [6.07, 6.45) is 1.40. The summed E-state index contributed by atoms with van der Waals surface area (Å²) < 4.78 is 0. The Balaban J connectivity index is 2.14. The van der Waals surface area contributed by atoms with Gasteiger partial charge in [0.15, 0.2) is 0 Å². The van der Waals surface area contributed by atoms with Crippen molar-refractivity contribution >= 4 is 22.6 Å². The predicted molar refractivity (Wildman–Crippen MR) is 91.1 cm³/mol. The maximum Gasteiger partial charge on any atom is 0.220 e. The number of carbonyl (C=O) groups is 1. The van der Waals surface area contributed by atoms with Gasteiger partial charge < -0.3 is 15.5 Å². The minimum absolute atomic E-state index is 0.0857. The minimum atomic E-state index is 0.0857. The third kappa shape index (κ3) is 4.18. The van der Waals surface area contributed by atoms with Crippen LogP contribution >= 0.6 is 0 Å². The fourth-order valence-electron chi connectivity index (χ4n) is 2.32. The van der Waals surface area contributed by atoms with Crippen LogP contribution in [0.5, 0.6) is 0 Å². The number of hydrogen-bond acceptors (Lipinski definition) is 4. The van der Waals surface area contributed by atoms with Crippen molar-refractivity contribution in [1.82, 2.24) is 15.6 Å². The largest absolute Gasteiger partial charge is 0.363 e. The van der Waals surface area contributed by atoms with E-state index in [4.69, 9.17) is 0 Å². The molecule has 0 spiro atoms. The van der Waals surface area contributed by atoms with Crippen LogP contribution in [0.15, 0.2) is 30.3 Å². The molecule has 5 nitrogen and oxygen atoms in total. The molecule has 1 aromatic heterocycles. The molecule has 0 saturated heterocycles. The van der Waals surface area contributed by atoms with Gasteiger partial charge in [-0.3, -0.25) is 4.79 Å². The summed E-state index contributed by atoms with van der Waals surface area (Å²) in [7, 11) is 5.83. The van der Waals surface area contributed by atoms with Crippen molar-refractivity contribution in [2.24, 2.45) is 0 Å². The van der Waals surface area contributed by atoms with Crippen LogP contribution in [-0.2, 0) is 11.3 Å². The van der Waals surface area contributed by atoms with E-state index in [2.05, 4.69) is 15.6 Å². The molecule has 0 atom stereocenters. The molecule has 2 N–H and O–H groups in total. The first-order valence-corrected chi connectivity index (χ1v) is 7.59. The molecule has 1 heterocycles. The maximum atomic E-state index is 11.9. The number of nitrogens with zero attached hydrogens (tertiary/aromatic N) is 2. The van der Waals surface area contributed by atoms with Gasteiger partial charge in [0.2, 0.25) is 5.91 Å². The monoisotopic (exact) mass is 300 g/mol. The van der Waals surface area contributed by atoms with Crippen LogP contribution in [0.4, 0.5) is 5.82 Å². The number of benzene rings is 1. The highest BCUT2D eigenvalue weighted by atomic mass is 16.1. The first kappa shape index (κ1) is 16.2. The zero-order valence-electron chi connectivity index (χ0n) is 13.5. The Labute approximate surface area is 131 Å². The highest BCUT2D eigenvalue weighted by Crippen LogP contribution is 2.21. The number of nitrogens with one attached hydrogen (secondary N) is 2. The van der Waals surface area contributed by atoms with Crippen molar-refractivity contribution in [3.63, 3.8) is 0 Å². The van der Waals surface area contributed by atoms with Gasteiger partial charge in [-0.25, -0.2) is 4.98 Å². The van der Waals surface area contributed by atoms with E-state index in [0.717, 1.165) is 35.2 Å². The molecular weight excluding hydrogens is 276 g/mol. The summed E-state index contributed by atoms with van der Waals surface area (Å²) >= 11 is 0. The summed E-state index contributed by atoms with van der Waals surface area (Å²) in [6.45, 7) is 1.39. The Morgan fingerprint density at radius 1 is 1.27 bits per heavy atom. The average Bonchev–Trinajstić information content (AvgIpc) is 2.52. The van der Waals surface area contributed by atoms with Gasteiger partial charge >= 0.3 is 0 Å². The lowest BCUT2D eigenvalue weighted by Gasteiger charge is -2.15. The van der Waals surface area contributed by atoms with Crippen LogP contribution in [-0.4, -0.2) is 38.6 Å². The zero-order valence-corrected chi connectivity index (χ0v) is 13.5. The topological polar surface area (TPSA) is 57.3 Å². The van der Waals surface area contributed by atoms with E-state index in [1.165, 1.54) is 0 Å². The van der Waals surface area contributed by atoms with Crippen LogP contribution in [0.1, 0.15) is 18.4 Å². The Kier molecular flexibility index (Phi) is 5.72. The molecule has 2 aromatic rings. The second-order valence-corrected chi connectivity index (χ2v) is 5.53. The highest BCUT2D eigenvalue weighted by molar-refractivity contribution is 5.85. The molecule has 0 aliphatic carbocycles. The minimum Gasteiger partial charge on any atom is -0.363 e. The molecule has 0 bridgehead atoms. The molecule has 22 heavy (non-hydrogen) atoms. The van der Waals surface area contributed by atoms with E-state index < -0.39 is 0 Å². The summed E-state index contributed by atoms with van der Waals surface area (Å²) in [6, 6.07) is 10.1. The second-order valence-electron chi connectivity index (χ2n) is 5.53. The third-order valence-electron chi connectivity index (χ3n) is 3.55. The number of carbonyl (C=O) groups excluding carboxylic acids is 1. The van der Waals surface area contributed by atoms with E-state index in [-0.39, 0.29) is 5.91 Å². The first-order valence-electron chi connectivity index (χ1n) is 7.59. The number of amides is 1. The van der Waals surface area contributed by atoms with Gasteiger partial charge in [0, 0.05) is 32.4 Å². The van der Waals surface area contributed by atoms with Crippen LogP contribution in [0, 0.1) is 0 Å². The van der Waals surface area contributed by atoms with Gasteiger partial charge in [-0.15, -0.1) is 0 Å². The molecule has 0 fully saturated rings. The Morgan fingerprint density at radius 2 is 2.05 bits per heavy atom. The van der Waals surface area contributed by atoms with Gasteiger partial charge in [0.25, 0.3) is 0 Å². The Hall–Kier alpha value is -2.14. The fourth-order valence-corrected chi connectivity index (χ4v) is 2.32. The molecule has 5 heteroatoms. The average molecular weight is 300 g/mol. The molecule has 1 amide bonds. The van der Waals surface area contributed by atoms with E-state index >= 15 is 0 Å². The van der Waals surface area contributed by atoms with Crippen LogP contribution in [0.3, 0.4) is 0 Å². The lowest BCUT2D eigenvalue weighted by Crippen LogP contribution is -2.24. The summed E-state index contributed by atoms with van der Waals surface area (Å²) in [5, 5.41) is 7.14. The maximum absolute atomic E-state index is 11.9. The molecule has 0 unspecified atom stereocenters. The van der Waals surface area contributed by atoms with Gasteiger partial charge in [0.1, 0.15) is 5.82 Å². The zero-order chi connectivity index (χ0) is 15.9. The Bertz CT molecular complexity index is 640. The predicted octanol–water partition coefficient (Wildman–Crippen LogP) is 1.92. The van der Waals surface area contributed by atoms with Gasteiger partial charge in [-0.05, 0) is 37.7 Å². The van der Waals surface area contributed by atoms with Crippen LogP contribution in [0.2, 0.25) is 0 Å². The highest BCUT2D eigenvalue weighted by Gasteiger charge is 2.08. The first-order chi connectivity index (χ1) is 10.6. The van der Waals surface area contributed by atoms with Crippen LogP contribution < -0.4 is 15.5 Å². The van der Waals surface area contributed by atoms with Gasteiger partial charge in [-0.2, -0.15) is 0 Å². The summed E-state index contributed by atoms with van der Waals surface area (Å²) in [5.41, 5.74) is 2.05. The smallest absolute Gasteiger partial charge is 0.220 e. The molecular formula is C17H24N4O. The molecule has 0 aliphatic heterocycles. The number of para-hydroxylation sites is 1. The van der Waals surface area contributed by atoms with Crippen molar-refractivity contribution in [2.45, 2.75) is 19.4 Å². The van der Waals surface area contributed by atoms with E-state index in [1.807, 2.05) is 56.4 Å². The molecule has 0 saturated carbocycles. The molecule has 0 aliphatic rings. The van der Waals surface area contributed by atoms with Gasteiger partial charge in [0.05, 0.1) is 5.52 Å². The third-order valence-corrected chi connectivity index (χ3v) is 3.55. The van der Waals surface area contributed by atoms with Crippen molar-refractivity contribution in [3.05, 3.63) is 35.9 Å². The number of anilines is 1. The van der Waals surface area contributed by atoms with E-state index in [9.17, 15) is 4.79 Å².